The van der Waals surface area contributed by atoms with Gasteiger partial charge in [-0.15, -0.1) is 0 Å². The fourth-order valence-corrected chi connectivity index (χ4v) is 3.73. The molecule has 154 valence electrons. The number of rotatable bonds is 5. The fraction of sp³-hybridized carbons (Fsp3) is 0.250. The van der Waals surface area contributed by atoms with Crippen molar-refractivity contribution in [3.05, 3.63) is 83.6 Å². The first kappa shape index (κ1) is 19.9. The number of carbonyl (C=O) groups is 1. The molecule has 0 unspecified atom stereocenters. The molecule has 3 aromatic rings. The van der Waals surface area contributed by atoms with Gasteiger partial charge in [0, 0.05) is 18.4 Å². The van der Waals surface area contributed by atoms with E-state index >= 15 is 0 Å². The maximum Gasteiger partial charge on any atom is 0.257 e. The smallest absolute Gasteiger partial charge is 0.257 e. The van der Waals surface area contributed by atoms with Crippen LogP contribution in [0, 0.1) is 6.92 Å². The van der Waals surface area contributed by atoms with E-state index in [0.717, 1.165) is 22.6 Å². The van der Waals surface area contributed by atoms with E-state index in [1.165, 1.54) is 0 Å². The van der Waals surface area contributed by atoms with Gasteiger partial charge in [0.25, 0.3) is 5.91 Å². The van der Waals surface area contributed by atoms with Crippen LogP contribution >= 0.6 is 0 Å². The number of methoxy groups -OCH3 is 1. The van der Waals surface area contributed by atoms with Crippen LogP contribution in [0.5, 0.6) is 5.75 Å². The maximum atomic E-state index is 13.2. The third kappa shape index (κ3) is 4.00. The molecule has 1 atom stereocenters. The Bertz CT molecular complexity index is 1030. The molecule has 0 bridgehead atoms. The Hall–Kier alpha value is -3.38. The summed E-state index contributed by atoms with van der Waals surface area (Å²) in [5.41, 5.74) is 2.22. The quantitative estimate of drug-likeness (QED) is 0.676. The predicted octanol–water partition coefficient (Wildman–Crippen LogP) is 3.88. The number of anilines is 2. The summed E-state index contributed by atoms with van der Waals surface area (Å²) in [4.78, 5) is 19.3. The standard InChI is InChI=1S/C24H25N3O3/c1-17-5-7-18(8-6-17)24(29)13-15-27(16-24)23(28)21-4-3-14-25-22(21)26-19-9-11-20(30-2)12-10-19/h3-12,14,29H,13,15-16H2,1-2H3,(H,25,26)/t24-/m1/s1. The van der Waals surface area contributed by atoms with Crippen LogP contribution in [0.1, 0.15) is 27.9 Å². The summed E-state index contributed by atoms with van der Waals surface area (Å²) < 4.78 is 5.18. The van der Waals surface area contributed by atoms with E-state index < -0.39 is 5.60 Å². The minimum atomic E-state index is -1.03. The second-order valence-corrected chi connectivity index (χ2v) is 7.63. The molecule has 2 aromatic carbocycles. The van der Waals surface area contributed by atoms with Crippen molar-refractivity contribution in [2.45, 2.75) is 18.9 Å². The summed E-state index contributed by atoms with van der Waals surface area (Å²) >= 11 is 0. The van der Waals surface area contributed by atoms with E-state index in [2.05, 4.69) is 10.3 Å². The molecule has 2 heterocycles. The van der Waals surface area contributed by atoms with Crippen LogP contribution in [0.15, 0.2) is 66.9 Å². The Labute approximate surface area is 176 Å². The largest absolute Gasteiger partial charge is 0.497 e. The molecule has 1 aromatic heterocycles. The Balaban J connectivity index is 1.53. The van der Waals surface area contributed by atoms with Gasteiger partial charge in [-0.3, -0.25) is 4.79 Å². The minimum Gasteiger partial charge on any atom is -0.497 e. The molecule has 6 nitrogen and oxygen atoms in total. The van der Waals surface area contributed by atoms with Crippen LogP contribution in [-0.4, -0.2) is 41.1 Å². The molecule has 0 aliphatic carbocycles. The molecule has 6 heteroatoms. The SMILES string of the molecule is COc1ccc(Nc2ncccc2C(=O)N2CC[C@](O)(c3ccc(C)cc3)C2)cc1. The average molecular weight is 403 g/mol. The number of hydrogen-bond donors (Lipinski definition) is 2. The molecule has 30 heavy (non-hydrogen) atoms. The molecule has 1 saturated heterocycles. The highest BCUT2D eigenvalue weighted by Crippen LogP contribution is 2.33. The minimum absolute atomic E-state index is 0.151. The van der Waals surface area contributed by atoms with Crippen molar-refractivity contribution in [1.29, 1.82) is 0 Å². The third-order valence-corrected chi connectivity index (χ3v) is 5.51. The van der Waals surface area contributed by atoms with Crippen molar-refractivity contribution in [3.8, 4) is 5.75 Å². The zero-order valence-electron chi connectivity index (χ0n) is 17.1. The van der Waals surface area contributed by atoms with Gasteiger partial charge in [0.1, 0.15) is 17.2 Å². The lowest BCUT2D eigenvalue weighted by Crippen LogP contribution is -2.34. The Morgan fingerprint density at radius 2 is 1.87 bits per heavy atom. The lowest BCUT2D eigenvalue weighted by atomic mass is 9.92. The second kappa shape index (κ2) is 8.16. The summed E-state index contributed by atoms with van der Waals surface area (Å²) in [7, 11) is 1.62. The number of carbonyl (C=O) groups excluding carboxylic acids is 1. The van der Waals surface area contributed by atoms with Crippen molar-refractivity contribution < 1.29 is 14.6 Å². The summed E-state index contributed by atoms with van der Waals surface area (Å²) in [5.74, 6) is 1.09. The summed E-state index contributed by atoms with van der Waals surface area (Å²) in [6.07, 6.45) is 2.15. The van der Waals surface area contributed by atoms with E-state index in [-0.39, 0.29) is 12.5 Å². The number of amides is 1. The zero-order valence-corrected chi connectivity index (χ0v) is 17.1. The number of nitrogens with one attached hydrogen (secondary N) is 1. The van der Waals surface area contributed by atoms with E-state index in [0.29, 0.717) is 24.3 Å². The number of β-amino-alcohol motifs (C(OH)–C–C–N with tert-alkyl or cyclic N) is 1. The van der Waals surface area contributed by atoms with Crippen LogP contribution in [0.4, 0.5) is 11.5 Å². The normalized spacial score (nSPS) is 18.3. The highest BCUT2D eigenvalue weighted by Gasteiger charge is 2.40. The molecule has 1 aliphatic heterocycles. The summed E-state index contributed by atoms with van der Waals surface area (Å²) in [5, 5.41) is 14.3. The van der Waals surface area contributed by atoms with E-state index in [1.54, 1.807) is 30.3 Å². The molecule has 1 amide bonds. The average Bonchev–Trinajstić information content (AvgIpc) is 3.18. The molecule has 0 saturated carbocycles. The van der Waals surface area contributed by atoms with Crippen LogP contribution in [0.25, 0.3) is 0 Å². The van der Waals surface area contributed by atoms with Crippen molar-refractivity contribution in [1.82, 2.24) is 9.88 Å². The first-order valence-corrected chi connectivity index (χ1v) is 9.93. The number of aliphatic hydroxyl groups is 1. The van der Waals surface area contributed by atoms with E-state index in [1.807, 2.05) is 55.5 Å². The van der Waals surface area contributed by atoms with Crippen molar-refractivity contribution in [3.63, 3.8) is 0 Å². The van der Waals surface area contributed by atoms with Gasteiger partial charge in [0.2, 0.25) is 0 Å². The Morgan fingerprint density at radius 1 is 1.13 bits per heavy atom. The van der Waals surface area contributed by atoms with Gasteiger partial charge in [-0.05, 0) is 55.3 Å². The number of benzene rings is 2. The Morgan fingerprint density at radius 3 is 2.57 bits per heavy atom. The van der Waals surface area contributed by atoms with Crippen LogP contribution in [-0.2, 0) is 5.60 Å². The molecule has 1 aliphatic rings. The molecule has 2 N–H and O–H groups in total. The highest BCUT2D eigenvalue weighted by atomic mass is 16.5. The molecular weight excluding hydrogens is 378 g/mol. The lowest BCUT2D eigenvalue weighted by molar-refractivity contribution is 0.0417. The highest BCUT2D eigenvalue weighted by molar-refractivity contribution is 5.99. The Kier molecular flexibility index (Phi) is 5.42. The van der Waals surface area contributed by atoms with Gasteiger partial charge in [-0.2, -0.15) is 0 Å². The number of aromatic nitrogens is 1. The van der Waals surface area contributed by atoms with Gasteiger partial charge < -0.3 is 20.1 Å². The van der Waals surface area contributed by atoms with Gasteiger partial charge in [0.15, 0.2) is 0 Å². The summed E-state index contributed by atoms with van der Waals surface area (Å²) in [6, 6.07) is 18.8. The van der Waals surface area contributed by atoms with E-state index in [9.17, 15) is 9.90 Å². The van der Waals surface area contributed by atoms with Gasteiger partial charge in [-0.1, -0.05) is 29.8 Å². The third-order valence-electron chi connectivity index (χ3n) is 5.51. The second-order valence-electron chi connectivity index (χ2n) is 7.63. The first-order chi connectivity index (χ1) is 14.5. The number of pyridine rings is 1. The zero-order chi connectivity index (χ0) is 21.1. The predicted molar refractivity (Wildman–Crippen MR) is 116 cm³/mol. The number of hydrogen-bond acceptors (Lipinski definition) is 5. The van der Waals surface area contributed by atoms with Gasteiger partial charge in [0.05, 0.1) is 19.2 Å². The molecule has 0 spiro atoms. The number of likely N-dealkylation sites (tertiary alicyclic amines) is 1. The number of aryl methyl sites for hydroxylation is 1. The summed E-state index contributed by atoms with van der Waals surface area (Å²) in [6.45, 7) is 2.75. The van der Waals surface area contributed by atoms with Crippen molar-refractivity contribution in [2.24, 2.45) is 0 Å². The number of nitrogens with zero attached hydrogens (tertiary/aromatic N) is 2. The molecule has 4 rings (SSSR count). The molecular formula is C24H25N3O3. The van der Waals surface area contributed by atoms with Crippen molar-refractivity contribution >= 4 is 17.4 Å². The first-order valence-electron chi connectivity index (χ1n) is 9.93. The van der Waals surface area contributed by atoms with Crippen LogP contribution in [0.3, 0.4) is 0 Å². The number of ether oxygens (including phenoxy) is 1. The topological polar surface area (TPSA) is 74.7 Å². The van der Waals surface area contributed by atoms with Crippen LogP contribution in [0.2, 0.25) is 0 Å². The lowest BCUT2D eigenvalue weighted by Gasteiger charge is -2.24. The molecule has 1 fully saturated rings. The fourth-order valence-electron chi connectivity index (χ4n) is 3.73. The monoisotopic (exact) mass is 403 g/mol. The van der Waals surface area contributed by atoms with Crippen LogP contribution < -0.4 is 10.1 Å². The van der Waals surface area contributed by atoms with E-state index in [4.69, 9.17) is 4.74 Å². The van der Waals surface area contributed by atoms with Gasteiger partial charge >= 0.3 is 0 Å². The van der Waals surface area contributed by atoms with Crippen molar-refractivity contribution in [2.75, 3.05) is 25.5 Å². The molecule has 0 radical (unpaired) electrons. The maximum absolute atomic E-state index is 13.2. The van der Waals surface area contributed by atoms with Gasteiger partial charge in [-0.25, -0.2) is 4.98 Å².